The number of aromatic nitrogens is 4. The van der Waals surface area contributed by atoms with E-state index in [1.165, 1.54) is 10.9 Å². The van der Waals surface area contributed by atoms with Crippen LogP contribution in [0, 0.1) is 11.8 Å². The quantitative estimate of drug-likeness (QED) is 0.395. The Morgan fingerprint density at radius 1 is 1.62 bits per heavy atom. The smallest absolute Gasteiger partial charge is 0.280 e. The van der Waals surface area contributed by atoms with Crippen molar-refractivity contribution in [2.45, 2.75) is 23.3 Å². The van der Waals surface area contributed by atoms with Crippen LogP contribution in [0.2, 0.25) is 0 Å². The lowest BCUT2D eigenvalue weighted by molar-refractivity contribution is -0.0436. The van der Waals surface area contributed by atoms with Crippen LogP contribution in [-0.4, -0.2) is 60.1 Å². The van der Waals surface area contributed by atoms with E-state index in [4.69, 9.17) is 22.1 Å². The third kappa shape index (κ3) is 2.42. The van der Waals surface area contributed by atoms with Crippen molar-refractivity contribution in [2.75, 3.05) is 19.0 Å². The second kappa shape index (κ2) is 6.03. The maximum absolute atomic E-state index is 12.5. The van der Waals surface area contributed by atoms with Crippen LogP contribution < -0.4 is 11.3 Å². The summed E-state index contributed by atoms with van der Waals surface area (Å²) in [5.41, 5.74) is 5.00. The largest absolute Gasteiger partial charge is 0.394 e. The highest BCUT2D eigenvalue weighted by molar-refractivity contribution is 6.27. The van der Waals surface area contributed by atoms with Crippen LogP contribution in [0.4, 0.5) is 10.3 Å². The topological polar surface area (TPSA) is 139 Å². The van der Waals surface area contributed by atoms with Crippen LogP contribution in [0.1, 0.15) is 6.23 Å². The number of aromatic amines is 1. The minimum Gasteiger partial charge on any atom is -0.394 e. The van der Waals surface area contributed by atoms with E-state index in [-0.39, 0.29) is 17.1 Å². The maximum atomic E-state index is 12.5. The zero-order valence-electron chi connectivity index (χ0n) is 12.1. The van der Waals surface area contributed by atoms with E-state index in [2.05, 4.69) is 26.8 Å². The minimum atomic E-state index is -1.77. The summed E-state index contributed by atoms with van der Waals surface area (Å²) in [4.78, 5) is 20.3. The van der Waals surface area contributed by atoms with E-state index in [0.717, 1.165) is 0 Å². The summed E-state index contributed by atoms with van der Waals surface area (Å²) in [6.07, 6.45) is -2.43. The van der Waals surface area contributed by atoms with Crippen molar-refractivity contribution in [1.29, 1.82) is 0 Å². The molecule has 9 nitrogen and oxygen atoms in total. The van der Waals surface area contributed by atoms with E-state index < -0.39 is 42.2 Å². The third-order valence-electron chi connectivity index (χ3n) is 3.68. The van der Waals surface area contributed by atoms with Crippen LogP contribution in [-0.2, 0) is 4.74 Å². The number of hydrogen-bond acceptors (Lipinski definition) is 7. The average molecular weight is 358 g/mol. The lowest BCUT2D eigenvalue weighted by Crippen LogP contribution is -2.41. The summed E-state index contributed by atoms with van der Waals surface area (Å²) in [5.74, 6) is 4.41. The number of hydrogen-bond donors (Lipinski definition) is 4. The first-order chi connectivity index (χ1) is 11.4. The lowest BCUT2D eigenvalue weighted by atomic mass is 9.99. The Morgan fingerprint density at radius 2 is 2.38 bits per heavy atom. The molecule has 0 bridgehead atoms. The van der Waals surface area contributed by atoms with Crippen molar-refractivity contribution < 1.29 is 19.3 Å². The molecule has 128 valence electrons. The predicted octanol–water partition coefficient (Wildman–Crippen LogP) is -1.10. The fraction of sp³-hybridized carbons (Fsp3) is 0.462. The molecule has 1 unspecified atom stereocenters. The summed E-state index contributed by atoms with van der Waals surface area (Å²) in [6, 6.07) is 0. The number of nitrogens with one attached hydrogen (secondary N) is 1. The molecule has 0 radical (unpaired) electrons. The molecule has 2 aromatic heterocycles. The van der Waals surface area contributed by atoms with E-state index in [0.29, 0.717) is 0 Å². The fourth-order valence-corrected chi connectivity index (χ4v) is 2.95. The Bertz CT molecular complexity index is 890. The molecule has 0 aromatic carbocycles. The molecule has 4 atom stereocenters. The third-order valence-corrected chi connectivity index (χ3v) is 4.18. The van der Waals surface area contributed by atoms with Crippen LogP contribution in [0.3, 0.4) is 0 Å². The molecule has 0 saturated carbocycles. The van der Waals surface area contributed by atoms with Crippen molar-refractivity contribution in [3.8, 4) is 11.8 Å². The maximum Gasteiger partial charge on any atom is 0.280 e. The van der Waals surface area contributed by atoms with E-state index >= 15 is 0 Å². The number of rotatable bonds is 2. The number of aliphatic hydroxyl groups excluding tert-OH is 2. The monoisotopic (exact) mass is 357 g/mol. The molecule has 0 amide bonds. The summed E-state index contributed by atoms with van der Waals surface area (Å²) < 4.78 is 19.3. The van der Waals surface area contributed by atoms with Gasteiger partial charge in [0.15, 0.2) is 22.3 Å². The first-order valence-electron chi connectivity index (χ1n) is 6.84. The van der Waals surface area contributed by atoms with Crippen molar-refractivity contribution in [3.63, 3.8) is 0 Å². The zero-order chi connectivity index (χ0) is 17.5. The Balaban J connectivity index is 2.18. The molecule has 11 heteroatoms. The van der Waals surface area contributed by atoms with Gasteiger partial charge in [0.1, 0.15) is 18.9 Å². The second-order valence-electron chi connectivity index (χ2n) is 5.13. The van der Waals surface area contributed by atoms with Crippen LogP contribution in [0.25, 0.3) is 11.2 Å². The van der Waals surface area contributed by atoms with Gasteiger partial charge in [-0.1, -0.05) is 23.4 Å². The van der Waals surface area contributed by atoms with Gasteiger partial charge in [-0.05, 0) is 0 Å². The van der Waals surface area contributed by atoms with Crippen LogP contribution >= 0.6 is 11.6 Å². The molecule has 3 rings (SSSR count). The number of ether oxygens (including phenoxy) is 1. The van der Waals surface area contributed by atoms with Gasteiger partial charge in [-0.3, -0.25) is 14.3 Å². The number of halogens is 2. The van der Waals surface area contributed by atoms with Gasteiger partial charge in [-0.2, -0.15) is 4.98 Å². The predicted molar refractivity (Wildman–Crippen MR) is 81.9 cm³/mol. The normalized spacial score (nSPS) is 29.6. The molecule has 1 aliphatic rings. The number of fused-ring (bicyclic) bond motifs is 1. The molecular formula is C13H13ClFN5O4. The lowest BCUT2D eigenvalue weighted by Gasteiger charge is -2.25. The first kappa shape index (κ1) is 16.7. The zero-order valence-corrected chi connectivity index (χ0v) is 12.9. The standard InChI is InChI=1S/C13H13ClFN5O4/c14-13(2-1-3-15)8(22)6(4-21)24-11(13)20-5-17-7-9(20)18-12(16)19-10(7)23/h5-6,8,11,21-22H,3-4H2,(H3,16,18,19,23)/t6-,8+,11-,13?/m1/s1. The molecular weight excluding hydrogens is 345 g/mol. The molecule has 0 spiro atoms. The van der Waals surface area contributed by atoms with Gasteiger partial charge >= 0.3 is 0 Å². The van der Waals surface area contributed by atoms with E-state index in [1.807, 2.05) is 0 Å². The van der Waals surface area contributed by atoms with Crippen LogP contribution in [0.15, 0.2) is 11.1 Å². The number of nitrogen functional groups attached to an aromatic ring is 1. The average Bonchev–Trinajstić information content (AvgIpc) is 3.06. The van der Waals surface area contributed by atoms with Crippen molar-refractivity contribution >= 4 is 28.7 Å². The Kier molecular flexibility index (Phi) is 4.18. The van der Waals surface area contributed by atoms with Gasteiger partial charge in [0.05, 0.1) is 12.9 Å². The Labute approximate surface area is 139 Å². The van der Waals surface area contributed by atoms with Crippen molar-refractivity contribution in [3.05, 3.63) is 16.7 Å². The molecule has 2 aromatic rings. The summed E-state index contributed by atoms with van der Waals surface area (Å²) in [5, 5.41) is 19.6. The molecule has 1 fully saturated rings. The highest BCUT2D eigenvalue weighted by atomic mass is 35.5. The molecule has 3 heterocycles. The molecule has 5 N–H and O–H groups in total. The van der Waals surface area contributed by atoms with E-state index in [9.17, 15) is 19.4 Å². The van der Waals surface area contributed by atoms with Gasteiger partial charge in [0.25, 0.3) is 5.56 Å². The number of alkyl halides is 2. The fourth-order valence-electron chi connectivity index (χ4n) is 2.59. The second-order valence-corrected chi connectivity index (χ2v) is 5.76. The first-order valence-corrected chi connectivity index (χ1v) is 7.21. The van der Waals surface area contributed by atoms with E-state index in [1.54, 1.807) is 0 Å². The van der Waals surface area contributed by atoms with Crippen molar-refractivity contribution in [1.82, 2.24) is 19.5 Å². The number of nitrogens with zero attached hydrogens (tertiary/aromatic N) is 3. The molecule has 0 aliphatic carbocycles. The minimum absolute atomic E-state index is 0.0211. The van der Waals surface area contributed by atoms with Gasteiger partial charge in [0, 0.05) is 0 Å². The molecule has 1 saturated heterocycles. The SMILES string of the molecule is Nc1nc2c(ncn2[C@@H]2O[C@H](CO)[C@H](O)C2(Cl)C#CCF)c(=O)[nH]1. The van der Waals surface area contributed by atoms with Gasteiger partial charge in [0.2, 0.25) is 5.95 Å². The van der Waals surface area contributed by atoms with Crippen molar-refractivity contribution in [2.24, 2.45) is 0 Å². The Hall–Kier alpha value is -2.19. The number of H-pyrrole nitrogens is 1. The highest BCUT2D eigenvalue weighted by Crippen LogP contribution is 2.43. The van der Waals surface area contributed by atoms with Gasteiger partial charge in [-0.15, -0.1) is 0 Å². The van der Waals surface area contributed by atoms with Crippen LogP contribution in [0.5, 0.6) is 0 Å². The molecule has 24 heavy (non-hydrogen) atoms. The molecule has 1 aliphatic heterocycles. The summed E-state index contributed by atoms with van der Waals surface area (Å²) >= 11 is 6.39. The number of nitrogens with two attached hydrogens (primary N) is 1. The number of anilines is 1. The number of aliphatic hydroxyl groups is 2. The Morgan fingerprint density at radius 3 is 3.04 bits per heavy atom. The van der Waals surface area contributed by atoms with Gasteiger partial charge in [-0.25, -0.2) is 9.37 Å². The van der Waals surface area contributed by atoms with Gasteiger partial charge < -0.3 is 20.7 Å². The summed E-state index contributed by atoms with van der Waals surface area (Å²) in [7, 11) is 0. The summed E-state index contributed by atoms with van der Waals surface area (Å²) in [6.45, 7) is -1.51. The number of imidazole rings is 1. The highest BCUT2D eigenvalue weighted by Gasteiger charge is 2.56.